The number of ether oxygens (including phenoxy) is 2. The molecule has 4 N–H and O–H groups in total. The third-order valence-electron chi connectivity index (χ3n) is 12.6. The van der Waals surface area contributed by atoms with E-state index in [-0.39, 0.29) is 63.6 Å². The number of halogens is 1. The molecule has 0 saturated carbocycles. The van der Waals surface area contributed by atoms with Crippen molar-refractivity contribution in [2.45, 2.75) is 118 Å². The molecule has 0 radical (unpaired) electrons. The van der Waals surface area contributed by atoms with Gasteiger partial charge in [0, 0.05) is 53.8 Å². The molecule has 7 rings (SSSR count). The molecule has 0 bridgehead atoms. The van der Waals surface area contributed by atoms with Crippen LogP contribution in [0.3, 0.4) is 0 Å². The van der Waals surface area contributed by atoms with Crippen molar-refractivity contribution in [3.63, 3.8) is 0 Å². The number of thiophene rings is 1. The first-order valence-corrected chi connectivity index (χ1v) is 25.9. The Balaban J connectivity index is 0.852. The summed E-state index contributed by atoms with van der Waals surface area (Å²) in [6.45, 7) is 16.4. The lowest BCUT2D eigenvalue weighted by molar-refractivity contribution is -0.144. The Hall–Kier alpha value is -5.37. The predicted octanol–water partition coefficient (Wildman–Crippen LogP) is 7.31. The first-order valence-electron chi connectivity index (χ1n) is 23.8. The summed E-state index contributed by atoms with van der Waals surface area (Å²) >= 11 is 9.47. The van der Waals surface area contributed by atoms with E-state index in [1.165, 1.54) is 4.90 Å². The van der Waals surface area contributed by atoms with E-state index in [2.05, 4.69) is 45.0 Å². The van der Waals surface area contributed by atoms with E-state index in [1.54, 1.807) is 22.7 Å². The van der Waals surface area contributed by atoms with E-state index < -0.39 is 41.5 Å². The van der Waals surface area contributed by atoms with Crippen molar-refractivity contribution in [3.8, 4) is 15.4 Å². The molecule has 19 heteroatoms. The monoisotopic (exact) mass is 1010 g/mol. The molecule has 16 nitrogen and oxygen atoms in total. The van der Waals surface area contributed by atoms with Crippen molar-refractivity contribution in [1.82, 2.24) is 40.6 Å². The van der Waals surface area contributed by atoms with Crippen LogP contribution >= 0.6 is 34.3 Å². The SMILES string of the molecule is CCC[C@@H](NC(=O)[C@@H]1C[C@@H](O)CN1C(=O)[C@@H](NC(=O)COCCCOCCNC(=O)C[C@@H]1N=C(c2ccc(Cl)cc2)c2c(sc(C)c2C)-n2c(C)nnc21)C(C)(C)C)c1ccc(-c2scnc2C)cc1. The minimum absolute atomic E-state index is 0.0262. The van der Waals surface area contributed by atoms with Crippen LogP contribution in [0.1, 0.15) is 116 Å². The van der Waals surface area contributed by atoms with E-state index in [9.17, 15) is 24.3 Å². The van der Waals surface area contributed by atoms with Crippen molar-refractivity contribution < 1.29 is 33.8 Å². The molecule has 0 unspecified atom stereocenters. The summed E-state index contributed by atoms with van der Waals surface area (Å²) in [5.41, 5.74) is 7.84. The average Bonchev–Trinajstić information content (AvgIpc) is 4.09. The average molecular weight is 1010 g/mol. The van der Waals surface area contributed by atoms with Crippen molar-refractivity contribution in [1.29, 1.82) is 0 Å². The minimum Gasteiger partial charge on any atom is -0.391 e. The van der Waals surface area contributed by atoms with Gasteiger partial charge in [-0.1, -0.05) is 82.1 Å². The van der Waals surface area contributed by atoms with Crippen molar-refractivity contribution in [3.05, 3.63) is 104 Å². The van der Waals surface area contributed by atoms with Gasteiger partial charge in [-0.2, -0.15) is 0 Å². The largest absolute Gasteiger partial charge is 0.391 e. The summed E-state index contributed by atoms with van der Waals surface area (Å²) in [6.07, 6.45) is 1.25. The number of thiazole rings is 1. The maximum atomic E-state index is 14.2. The van der Waals surface area contributed by atoms with Gasteiger partial charge in [0.15, 0.2) is 5.82 Å². The highest BCUT2D eigenvalue weighted by atomic mass is 35.5. The number of aromatic nitrogens is 4. The minimum atomic E-state index is -0.985. The van der Waals surface area contributed by atoms with Crippen LogP contribution in [0, 0.1) is 33.1 Å². The molecule has 0 spiro atoms. The molecule has 4 amide bonds. The maximum absolute atomic E-state index is 14.2. The van der Waals surface area contributed by atoms with Gasteiger partial charge in [0.05, 0.1) is 47.0 Å². The summed E-state index contributed by atoms with van der Waals surface area (Å²) in [5.74, 6) is -0.173. The second kappa shape index (κ2) is 23.2. The molecule has 3 aromatic heterocycles. The second-order valence-electron chi connectivity index (χ2n) is 19.0. The molecule has 70 heavy (non-hydrogen) atoms. The van der Waals surface area contributed by atoms with E-state index in [4.69, 9.17) is 26.1 Å². The lowest BCUT2D eigenvalue weighted by Crippen LogP contribution is -2.58. The third-order valence-corrected chi connectivity index (χ3v) is 15.0. The van der Waals surface area contributed by atoms with Crippen LogP contribution in [0.15, 0.2) is 59.0 Å². The molecule has 0 aliphatic carbocycles. The molecule has 2 aromatic carbocycles. The first-order chi connectivity index (χ1) is 33.4. The topological polar surface area (TPSA) is 202 Å². The highest BCUT2D eigenvalue weighted by Crippen LogP contribution is 2.40. The zero-order valence-electron chi connectivity index (χ0n) is 41.1. The maximum Gasteiger partial charge on any atom is 0.246 e. The first kappa shape index (κ1) is 52.5. The number of likely N-dealkylation sites (tertiary alicyclic amines) is 1. The number of fused-ring (bicyclic) bond motifs is 3. The molecule has 2 aliphatic rings. The molecule has 5 atom stereocenters. The van der Waals surface area contributed by atoms with Crippen LogP contribution in [0.5, 0.6) is 0 Å². The lowest BCUT2D eigenvalue weighted by atomic mass is 9.85. The summed E-state index contributed by atoms with van der Waals surface area (Å²) in [7, 11) is 0. The smallest absolute Gasteiger partial charge is 0.246 e. The number of aliphatic hydroxyl groups is 1. The fourth-order valence-electron chi connectivity index (χ4n) is 8.82. The molecule has 5 heterocycles. The van der Waals surface area contributed by atoms with Crippen molar-refractivity contribution >= 4 is 63.6 Å². The number of β-amino-alcohol motifs (C(OH)–C–C–N with tert-alkyl or cyclic N) is 1. The van der Waals surface area contributed by atoms with Crippen LogP contribution < -0.4 is 16.0 Å². The van der Waals surface area contributed by atoms with E-state index in [0.717, 1.165) is 60.4 Å². The zero-order chi connectivity index (χ0) is 50.3. The number of carbonyl (C=O) groups is 4. The van der Waals surface area contributed by atoms with Crippen molar-refractivity contribution in [2.75, 3.05) is 39.5 Å². The number of aliphatic imine (C=N–C) groups is 1. The summed E-state index contributed by atoms with van der Waals surface area (Å²) < 4.78 is 13.4. The van der Waals surface area contributed by atoms with Crippen LogP contribution in [-0.2, 0) is 28.7 Å². The highest BCUT2D eigenvalue weighted by Gasteiger charge is 2.45. The highest BCUT2D eigenvalue weighted by molar-refractivity contribution is 7.15. The molecule has 5 aromatic rings. The number of benzene rings is 2. The van der Waals surface area contributed by atoms with Gasteiger partial charge in [-0.05, 0) is 74.8 Å². The molecule has 1 fully saturated rings. The van der Waals surface area contributed by atoms with E-state index >= 15 is 0 Å². The summed E-state index contributed by atoms with van der Waals surface area (Å²) in [5, 5.41) is 30.1. The molecular formula is C51H64ClN9O7S2. The quantitative estimate of drug-likeness (QED) is 0.0573. The van der Waals surface area contributed by atoms with E-state index in [0.29, 0.717) is 36.1 Å². The standard InChI is InChI=1S/C51H64ClN9O7S2/c1-9-11-38(33-12-14-35(15-13-33)45-30(3)54-28-69-45)56-48(65)40-24-37(62)26-60(40)49(66)46(51(6,7)8)57-42(64)27-68-22-10-21-67-23-20-53-41(63)25-39-47-59-58-32(5)61(47)50-43(29(2)31(4)70-50)44(55-39)34-16-18-36(52)19-17-34/h12-19,28,37-40,46,62H,9-11,20-27H2,1-8H3,(H,53,63)(H,56,65)(H,57,64)/t37-,38-,39+,40+,46-/m1/s1. The fraction of sp³-hybridized carbons (Fsp3) is 0.490. The Morgan fingerprint density at radius 1 is 0.929 bits per heavy atom. The van der Waals surface area contributed by atoms with Crippen LogP contribution in [0.25, 0.3) is 15.4 Å². The Bertz CT molecular complexity index is 2670. The number of aliphatic hydroxyl groups excluding tert-OH is 1. The molecule has 374 valence electrons. The Labute approximate surface area is 422 Å². The molecule has 2 aliphatic heterocycles. The van der Waals surface area contributed by atoms with Gasteiger partial charge in [0.25, 0.3) is 0 Å². The van der Waals surface area contributed by atoms with Gasteiger partial charge in [0.2, 0.25) is 23.6 Å². The van der Waals surface area contributed by atoms with Crippen LogP contribution in [0.2, 0.25) is 5.02 Å². The number of nitrogens with one attached hydrogen (secondary N) is 3. The van der Waals surface area contributed by atoms with Gasteiger partial charge in [-0.3, -0.25) is 28.7 Å². The van der Waals surface area contributed by atoms with Gasteiger partial charge < -0.3 is 35.4 Å². The molecule has 1 saturated heterocycles. The van der Waals surface area contributed by atoms with Crippen molar-refractivity contribution in [2.24, 2.45) is 10.4 Å². The normalized spacial score (nSPS) is 17.5. The number of aryl methyl sites for hydroxylation is 3. The number of amides is 4. The van der Waals surface area contributed by atoms with E-state index in [1.807, 2.05) is 100 Å². The third kappa shape index (κ3) is 12.4. The number of carbonyl (C=O) groups excluding carboxylic acids is 4. The van der Waals surface area contributed by atoms with Crippen LogP contribution in [-0.4, -0.2) is 117 Å². The number of hydrogen-bond acceptors (Lipinski definition) is 13. The Morgan fingerprint density at radius 3 is 2.33 bits per heavy atom. The predicted molar refractivity (Wildman–Crippen MR) is 273 cm³/mol. The summed E-state index contributed by atoms with van der Waals surface area (Å²) in [4.78, 5) is 67.8. The van der Waals surface area contributed by atoms with Gasteiger partial charge in [0.1, 0.15) is 35.6 Å². The number of rotatable bonds is 20. The fourth-order valence-corrected chi connectivity index (χ4v) is 11.0. The van der Waals surface area contributed by atoms with Gasteiger partial charge in [-0.25, -0.2) is 4.98 Å². The summed E-state index contributed by atoms with van der Waals surface area (Å²) in [6, 6.07) is 12.8. The second-order valence-corrected chi connectivity index (χ2v) is 21.5. The Kier molecular flexibility index (Phi) is 17.4. The number of hydrogen-bond donors (Lipinski definition) is 4. The zero-order valence-corrected chi connectivity index (χ0v) is 43.5. The van der Waals surface area contributed by atoms with Crippen LogP contribution in [0.4, 0.5) is 0 Å². The number of nitrogens with zero attached hydrogens (tertiary/aromatic N) is 6. The molecular weight excluding hydrogens is 950 g/mol. The van der Waals surface area contributed by atoms with Gasteiger partial charge in [-0.15, -0.1) is 32.9 Å². The van der Waals surface area contributed by atoms with Gasteiger partial charge >= 0.3 is 0 Å². The lowest BCUT2D eigenvalue weighted by Gasteiger charge is -2.35. The Morgan fingerprint density at radius 2 is 1.64 bits per heavy atom.